The summed E-state index contributed by atoms with van der Waals surface area (Å²) >= 11 is 0. The molecule has 2 nitrogen and oxygen atoms in total. The zero-order valence-electron chi connectivity index (χ0n) is 7.56. The summed E-state index contributed by atoms with van der Waals surface area (Å²) in [4.78, 5) is 0. The SMILES string of the molecule is CC/C=C(F)\C(C)=N\N(C)C. The number of hydrogen-bond acceptors (Lipinski definition) is 2. The first-order valence-corrected chi connectivity index (χ1v) is 3.66. The molecule has 0 aromatic heterocycles. The van der Waals surface area contributed by atoms with E-state index in [4.69, 9.17) is 0 Å². The van der Waals surface area contributed by atoms with Gasteiger partial charge in [-0.15, -0.1) is 0 Å². The maximum Gasteiger partial charge on any atom is 0.142 e. The van der Waals surface area contributed by atoms with Gasteiger partial charge in [-0.2, -0.15) is 5.10 Å². The molecule has 0 fully saturated rings. The fourth-order valence-electron chi connectivity index (χ4n) is 0.675. The van der Waals surface area contributed by atoms with Crippen molar-refractivity contribution in [3.8, 4) is 0 Å². The predicted molar refractivity (Wildman–Crippen MR) is 46.3 cm³/mol. The summed E-state index contributed by atoms with van der Waals surface area (Å²) in [5, 5.41) is 5.48. The van der Waals surface area contributed by atoms with Crippen LogP contribution >= 0.6 is 0 Å². The number of hydrogen-bond donors (Lipinski definition) is 0. The van der Waals surface area contributed by atoms with Crippen LogP contribution in [0.4, 0.5) is 4.39 Å². The minimum Gasteiger partial charge on any atom is -0.303 e. The third-order valence-corrected chi connectivity index (χ3v) is 1.08. The van der Waals surface area contributed by atoms with Crippen LogP contribution in [-0.2, 0) is 0 Å². The van der Waals surface area contributed by atoms with E-state index in [2.05, 4.69) is 5.10 Å². The minimum absolute atomic E-state index is 0.235. The Balaban J connectivity index is 4.23. The van der Waals surface area contributed by atoms with E-state index >= 15 is 0 Å². The third kappa shape index (κ3) is 4.53. The molecular formula is C8H15FN2. The lowest BCUT2D eigenvalue weighted by Crippen LogP contribution is -2.06. The first-order chi connectivity index (χ1) is 5.07. The van der Waals surface area contributed by atoms with Gasteiger partial charge in [0.05, 0.1) is 5.71 Å². The monoisotopic (exact) mass is 158 g/mol. The van der Waals surface area contributed by atoms with Crippen molar-refractivity contribution < 1.29 is 4.39 Å². The topological polar surface area (TPSA) is 15.6 Å². The van der Waals surface area contributed by atoms with Gasteiger partial charge >= 0.3 is 0 Å². The first-order valence-electron chi connectivity index (χ1n) is 3.66. The molecule has 0 bridgehead atoms. The molecule has 0 rings (SSSR count). The molecular weight excluding hydrogens is 143 g/mol. The van der Waals surface area contributed by atoms with Crippen LogP contribution in [0.5, 0.6) is 0 Å². The quantitative estimate of drug-likeness (QED) is 0.454. The minimum atomic E-state index is -0.235. The molecule has 0 saturated heterocycles. The van der Waals surface area contributed by atoms with Crippen LogP contribution in [-0.4, -0.2) is 24.8 Å². The molecule has 11 heavy (non-hydrogen) atoms. The number of nitrogens with zero attached hydrogens (tertiary/aromatic N) is 2. The maximum absolute atomic E-state index is 12.9. The van der Waals surface area contributed by atoms with E-state index < -0.39 is 0 Å². The summed E-state index contributed by atoms with van der Waals surface area (Å²) in [6.45, 7) is 3.55. The molecule has 64 valence electrons. The number of halogens is 1. The fourth-order valence-corrected chi connectivity index (χ4v) is 0.675. The standard InChI is InChI=1S/C8H15FN2/c1-5-6-8(9)7(2)10-11(3)4/h6H,5H2,1-4H3/b8-6+,10-7+. The van der Waals surface area contributed by atoms with Gasteiger partial charge in [-0.25, -0.2) is 4.39 Å². The molecule has 0 atom stereocenters. The Hall–Kier alpha value is -0.860. The van der Waals surface area contributed by atoms with E-state index in [0.29, 0.717) is 12.1 Å². The Morgan fingerprint density at radius 2 is 2.09 bits per heavy atom. The lowest BCUT2D eigenvalue weighted by atomic mass is 10.3. The van der Waals surface area contributed by atoms with Gasteiger partial charge < -0.3 is 5.01 Å². The van der Waals surface area contributed by atoms with Crippen LogP contribution in [0.2, 0.25) is 0 Å². The zero-order chi connectivity index (χ0) is 8.85. The molecule has 0 aliphatic carbocycles. The second-order valence-electron chi connectivity index (χ2n) is 2.49. The van der Waals surface area contributed by atoms with Crippen molar-refractivity contribution in [1.82, 2.24) is 5.01 Å². The Labute approximate surface area is 67.4 Å². The summed E-state index contributed by atoms with van der Waals surface area (Å²) in [7, 11) is 3.53. The lowest BCUT2D eigenvalue weighted by Gasteiger charge is -2.05. The smallest absolute Gasteiger partial charge is 0.142 e. The second-order valence-corrected chi connectivity index (χ2v) is 2.49. The van der Waals surface area contributed by atoms with E-state index in [-0.39, 0.29) is 5.83 Å². The van der Waals surface area contributed by atoms with Gasteiger partial charge in [0, 0.05) is 14.1 Å². The van der Waals surface area contributed by atoms with Crippen molar-refractivity contribution in [3.63, 3.8) is 0 Å². The van der Waals surface area contributed by atoms with Gasteiger partial charge in [0.2, 0.25) is 0 Å². The highest BCUT2D eigenvalue weighted by Gasteiger charge is 1.97. The second kappa shape index (κ2) is 4.88. The predicted octanol–water partition coefficient (Wildman–Crippen LogP) is 2.19. The Morgan fingerprint density at radius 1 is 1.55 bits per heavy atom. The van der Waals surface area contributed by atoms with Crippen molar-refractivity contribution in [2.75, 3.05) is 14.1 Å². The highest BCUT2D eigenvalue weighted by molar-refractivity contribution is 5.95. The summed E-state index contributed by atoms with van der Waals surface area (Å²) in [5.41, 5.74) is 0.428. The van der Waals surface area contributed by atoms with Crippen molar-refractivity contribution in [2.45, 2.75) is 20.3 Å². The average Bonchev–Trinajstić information content (AvgIpc) is 1.86. The normalized spacial score (nSPS) is 13.5. The molecule has 3 heteroatoms. The van der Waals surface area contributed by atoms with Gasteiger partial charge in [0.1, 0.15) is 5.83 Å². The molecule has 0 radical (unpaired) electrons. The van der Waals surface area contributed by atoms with Crippen LogP contribution in [0.1, 0.15) is 20.3 Å². The summed E-state index contributed by atoms with van der Waals surface area (Å²) < 4.78 is 12.9. The number of rotatable bonds is 3. The number of hydrazone groups is 1. The lowest BCUT2D eigenvalue weighted by molar-refractivity contribution is 0.435. The first kappa shape index (κ1) is 10.1. The van der Waals surface area contributed by atoms with Crippen LogP contribution in [0.15, 0.2) is 17.0 Å². The molecule has 0 heterocycles. The Bertz CT molecular complexity index is 171. The highest BCUT2D eigenvalue weighted by atomic mass is 19.1. The van der Waals surface area contributed by atoms with Gasteiger partial charge in [-0.1, -0.05) is 6.92 Å². The van der Waals surface area contributed by atoms with Crippen molar-refractivity contribution in [2.24, 2.45) is 5.10 Å². The number of allylic oxidation sites excluding steroid dienone is 2. The van der Waals surface area contributed by atoms with Crippen LogP contribution in [0, 0.1) is 0 Å². The van der Waals surface area contributed by atoms with E-state index in [0.717, 1.165) is 0 Å². The van der Waals surface area contributed by atoms with E-state index in [9.17, 15) is 4.39 Å². The van der Waals surface area contributed by atoms with Crippen molar-refractivity contribution in [1.29, 1.82) is 0 Å². The van der Waals surface area contributed by atoms with Crippen LogP contribution in [0.3, 0.4) is 0 Å². The van der Waals surface area contributed by atoms with E-state index in [1.807, 2.05) is 6.92 Å². The van der Waals surface area contributed by atoms with Gasteiger partial charge in [0.15, 0.2) is 0 Å². The Morgan fingerprint density at radius 3 is 2.45 bits per heavy atom. The van der Waals surface area contributed by atoms with Gasteiger partial charge in [-0.3, -0.25) is 0 Å². The Kier molecular flexibility index (Phi) is 4.50. The maximum atomic E-state index is 12.9. The summed E-state index contributed by atoms with van der Waals surface area (Å²) in [5.74, 6) is -0.235. The molecule has 0 unspecified atom stereocenters. The fraction of sp³-hybridized carbons (Fsp3) is 0.625. The highest BCUT2D eigenvalue weighted by Crippen LogP contribution is 2.01. The zero-order valence-corrected chi connectivity index (χ0v) is 7.56. The summed E-state index contributed by atoms with van der Waals surface area (Å²) in [6.07, 6.45) is 2.22. The molecule has 0 aromatic carbocycles. The molecule has 0 saturated carbocycles. The van der Waals surface area contributed by atoms with E-state index in [1.165, 1.54) is 6.08 Å². The molecule has 0 spiro atoms. The summed E-state index contributed by atoms with van der Waals surface area (Å²) in [6, 6.07) is 0. The van der Waals surface area contributed by atoms with Gasteiger partial charge in [0.25, 0.3) is 0 Å². The molecule has 0 aliphatic rings. The van der Waals surface area contributed by atoms with Crippen molar-refractivity contribution >= 4 is 5.71 Å². The van der Waals surface area contributed by atoms with Crippen molar-refractivity contribution in [3.05, 3.63) is 11.9 Å². The van der Waals surface area contributed by atoms with Crippen LogP contribution in [0.25, 0.3) is 0 Å². The van der Waals surface area contributed by atoms with Crippen LogP contribution < -0.4 is 0 Å². The largest absolute Gasteiger partial charge is 0.303 e. The molecule has 0 N–H and O–H groups in total. The molecule has 0 aromatic rings. The van der Waals surface area contributed by atoms with E-state index in [1.54, 1.807) is 26.0 Å². The van der Waals surface area contributed by atoms with Gasteiger partial charge in [-0.05, 0) is 19.4 Å². The third-order valence-electron chi connectivity index (χ3n) is 1.08. The average molecular weight is 158 g/mol. The molecule has 0 aliphatic heterocycles. The molecule has 0 amide bonds.